The van der Waals surface area contributed by atoms with Gasteiger partial charge in [-0.3, -0.25) is 4.79 Å². The van der Waals surface area contributed by atoms with E-state index in [1.54, 1.807) is 0 Å². The highest BCUT2D eigenvalue weighted by Gasteiger charge is 2.07. The van der Waals surface area contributed by atoms with Crippen molar-refractivity contribution in [3.8, 4) is 5.75 Å². The number of aryl methyl sites for hydroxylation is 3. The second-order valence-electron chi connectivity index (χ2n) is 5.69. The van der Waals surface area contributed by atoms with Gasteiger partial charge in [-0.2, -0.15) is 0 Å². The molecule has 0 spiro atoms. The van der Waals surface area contributed by atoms with E-state index in [0.29, 0.717) is 19.6 Å². The first kappa shape index (κ1) is 17.5. The molecule has 0 aliphatic rings. The van der Waals surface area contributed by atoms with E-state index in [1.807, 2.05) is 38.1 Å². The van der Waals surface area contributed by atoms with E-state index in [0.717, 1.165) is 26.9 Å². The smallest absolute Gasteiger partial charge is 0.224 e. The number of carbonyl (C=O) groups is 1. The Balaban J connectivity index is 1.80. The van der Waals surface area contributed by atoms with Crippen LogP contribution in [0, 0.1) is 20.8 Å². The van der Waals surface area contributed by atoms with Crippen molar-refractivity contribution < 1.29 is 9.53 Å². The van der Waals surface area contributed by atoms with Crippen LogP contribution in [0.2, 0.25) is 0 Å². The predicted molar refractivity (Wildman–Crippen MR) is 97.0 cm³/mol. The molecule has 0 unspecified atom stereocenters. The molecule has 4 heteroatoms. The molecule has 3 nitrogen and oxygen atoms in total. The Morgan fingerprint density at radius 1 is 1.13 bits per heavy atom. The van der Waals surface area contributed by atoms with Crippen LogP contribution in [-0.4, -0.2) is 19.1 Å². The third kappa shape index (κ3) is 5.10. The second-order valence-corrected chi connectivity index (χ2v) is 6.55. The molecule has 0 bridgehead atoms. The maximum Gasteiger partial charge on any atom is 0.224 e. The zero-order valence-electron chi connectivity index (χ0n) is 13.8. The van der Waals surface area contributed by atoms with Crippen LogP contribution in [0.3, 0.4) is 0 Å². The third-order valence-corrected chi connectivity index (χ3v) is 4.36. The van der Waals surface area contributed by atoms with Crippen molar-refractivity contribution in [1.82, 2.24) is 5.32 Å². The predicted octanol–water partition coefficient (Wildman–Crippen LogP) is 4.11. The molecule has 0 fully saturated rings. The molecule has 0 aliphatic carbocycles. The van der Waals surface area contributed by atoms with E-state index in [4.69, 9.17) is 4.74 Å². The molecular weight excluding hydrogens is 354 g/mol. The van der Waals surface area contributed by atoms with E-state index in [-0.39, 0.29) is 5.91 Å². The molecule has 2 aromatic carbocycles. The van der Waals surface area contributed by atoms with Gasteiger partial charge in [0.15, 0.2) is 0 Å². The first-order chi connectivity index (χ1) is 11.0. The minimum atomic E-state index is -0.00199. The summed E-state index contributed by atoms with van der Waals surface area (Å²) in [4.78, 5) is 12.0. The van der Waals surface area contributed by atoms with Gasteiger partial charge in [0.25, 0.3) is 0 Å². The number of amides is 1. The molecule has 1 N–H and O–H groups in total. The van der Waals surface area contributed by atoms with E-state index in [9.17, 15) is 4.79 Å². The van der Waals surface area contributed by atoms with Crippen molar-refractivity contribution in [2.24, 2.45) is 0 Å². The largest absolute Gasteiger partial charge is 0.491 e. The molecule has 0 aromatic heterocycles. The van der Waals surface area contributed by atoms with Crippen LogP contribution < -0.4 is 10.1 Å². The molecule has 0 radical (unpaired) electrons. The Morgan fingerprint density at radius 2 is 1.78 bits per heavy atom. The lowest BCUT2D eigenvalue weighted by Crippen LogP contribution is -2.29. The maximum absolute atomic E-state index is 12.0. The molecule has 122 valence electrons. The molecule has 2 aromatic rings. The summed E-state index contributed by atoms with van der Waals surface area (Å²) in [7, 11) is 0. The van der Waals surface area contributed by atoms with Crippen molar-refractivity contribution in [2.75, 3.05) is 13.2 Å². The van der Waals surface area contributed by atoms with Gasteiger partial charge in [-0.25, -0.2) is 0 Å². The summed E-state index contributed by atoms with van der Waals surface area (Å²) in [5.74, 6) is 0.911. The fourth-order valence-electron chi connectivity index (χ4n) is 2.62. The van der Waals surface area contributed by atoms with Crippen LogP contribution >= 0.6 is 15.9 Å². The average Bonchev–Trinajstić information content (AvgIpc) is 2.48. The van der Waals surface area contributed by atoms with Crippen molar-refractivity contribution in [2.45, 2.75) is 27.2 Å². The summed E-state index contributed by atoms with van der Waals surface area (Å²) >= 11 is 3.45. The van der Waals surface area contributed by atoms with Crippen molar-refractivity contribution in [1.29, 1.82) is 0 Å². The number of halogens is 1. The van der Waals surface area contributed by atoms with Crippen LogP contribution in [0.1, 0.15) is 22.3 Å². The molecule has 23 heavy (non-hydrogen) atoms. The molecule has 1 amide bonds. The van der Waals surface area contributed by atoms with Crippen LogP contribution in [0.4, 0.5) is 0 Å². The summed E-state index contributed by atoms with van der Waals surface area (Å²) in [5.41, 5.74) is 4.47. The van der Waals surface area contributed by atoms with E-state index in [2.05, 4.69) is 40.3 Å². The zero-order chi connectivity index (χ0) is 16.8. The summed E-state index contributed by atoms with van der Waals surface area (Å²) in [5, 5.41) is 2.89. The highest BCUT2D eigenvalue weighted by Crippen LogP contribution is 2.24. The van der Waals surface area contributed by atoms with Gasteiger partial charge in [0, 0.05) is 4.47 Å². The quantitative estimate of drug-likeness (QED) is 0.771. The molecular formula is C19H22BrNO2. The lowest BCUT2D eigenvalue weighted by atomic mass is 10.1. The van der Waals surface area contributed by atoms with E-state index >= 15 is 0 Å². The fourth-order valence-corrected chi connectivity index (χ4v) is 3.04. The molecule has 0 aliphatic heterocycles. The van der Waals surface area contributed by atoms with Gasteiger partial charge < -0.3 is 10.1 Å². The van der Waals surface area contributed by atoms with Gasteiger partial charge in [0.1, 0.15) is 12.4 Å². The number of carbonyl (C=O) groups excluding carboxylic acids is 1. The lowest BCUT2D eigenvalue weighted by Gasteiger charge is -2.13. The zero-order valence-corrected chi connectivity index (χ0v) is 15.4. The molecule has 0 saturated carbocycles. The van der Waals surface area contributed by atoms with Crippen LogP contribution in [-0.2, 0) is 11.2 Å². The topological polar surface area (TPSA) is 38.3 Å². The summed E-state index contributed by atoms with van der Waals surface area (Å²) in [6, 6.07) is 12.0. The third-order valence-electron chi connectivity index (χ3n) is 3.58. The van der Waals surface area contributed by atoms with Crippen LogP contribution in [0.15, 0.2) is 40.9 Å². The minimum Gasteiger partial charge on any atom is -0.491 e. The Morgan fingerprint density at radius 3 is 2.43 bits per heavy atom. The standard InChI is InChI=1S/C19H22BrNO2/c1-13-10-14(2)19(15(3)11-13)23-9-8-21-18(22)12-16-6-4-5-7-17(16)20/h4-7,10-11H,8-9,12H2,1-3H3,(H,21,22). The van der Waals surface area contributed by atoms with E-state index in [1.165, 1.54) is 5.56 Å². The Kier molecular flexibility index (Phi) is 6.22. The SMILES string of the molecule is Cc1cc(C)c(OCCNC(=O)Cc2ccccc2Br)c(C)c1. The minimum absolute atomic E-state index is 0.00199. The van der Waals surface area contributed by atoms with Crippen molar-refractivity contribution >= 4 is 21.8 Å². The first-order valence-electron chi connectivity index (χ1n) is 7.68. The number of hydrogen-bond donors (Lipinski definition) is 1. The van der Waals surface area contributed by atoms with Gasteiger partial charge in [-0.05, 0) is 43.5 Å². The number of benzene rings is 2. The highest BCUT2D eigenvalue weighted by molar-refractivity contribution is 9.10. The highest BCUT2D eigenvalue weighted by atomic mass is 79.9. The molecule has 2 rings (SSSR count). The van der Waals surface area contributed by atoms with Gasteiger partial charge in [0.05, 0.1) is 13.0 Å². The Hall–Kier alpha value is -1.81. The number of nitrogens with one attached hydrogen (secondary N) is 1. The van der Waals surface area contributed by atoms with Crippen LogP contribution in [0.5, 0.6) is 5.75 Å². The van der Waals surface area contributed by atoms with Gasteiger partial charge in [-0.1, -0.05) is 51.8 Å². The summed E-state index contributed by atoms with van der Waals surface area (Å²) < 4.78 is 6.78. The van der Waals surface area contributed by atoms with Crippen molar-refractivity contribution in [3.05, 3.63) is 63.1 Å². The fraction of sp³-hybridized carbons (Fsp3) is 0.316. The Labute approximate surface area is 146 Å². The maximum atomic E-state index is 12.0. The van der Waals surface area contributed by atoms with Crippen molar-refractivity contribution in [3.63, 3.8) is 0 Å². The van der Waals surface area contributed by atoms with E-state index < -0.39 is 0 Å². The monoisotopic (exact) mass is 375 g/mol. The normalized spacial score (nSPS) is 10.4. The molecule has 0 saturated heterocycles. The lowest BCUT2D eigenvalue weighted by molar-refractivity contribution is -0.120. The second kappa shape index (κ2) is 8.16. The molecule has 0 heterocycles. The van der Waals surface area contributed by atoms with Gasteiger partial charge in [0.2, 0.25) is 5.91 Å². The average molecular weight is 376 g/mol. The first-order valence-corrected chi connectivity index (χ1v) is 8.47. The summed E-state index contributed by atoms with van der Waals surface area (Å²) in [6.07, 6.45) is 0.365. The van der Waals surface area contributed by atoms with Crippen LogP contribution in [0.25, 0.3) is 0 Å². The summed E-state index contributed by atoms with van der Waals surface area (Å²) in [6.45, 7) is 7.12. The van der Waals surface area contributed by atoms with Gasteiger partial charge in [-0.15, -0.1) is 0 Å². The number of rotatable bonds is 6. The number of ether oxygens (including phenoxy) is 1. The number of hydrogen-bond acceptors (Lipinski definition) is 2. The molecule has 0 atom stereocenters. The van der Waals surface area contributed by atoms with Gasteiger partial charge >= 0.3 is 0 Å². The Bertz CT molecular complexity index is 675.